The minimum absolute atomic E-state index is 0. The Morgan fingerprint density at radius 1 is 1.26 bits per heavy atom. The SMILES string of the molecule is CCNC(=NCc1ccc(OC)c(O)c1)NCCCn1nc(C)cc1C.I. The molecule has 0 aliphatic carbocycles. The number of aromatic nitrogens is 2. The van der Waals surface area contributed by atoms with Crippen molar-refractivity contribution < 1.29 is 9.84 Å². The largest absolute Gasteiger partial charge is 0.504 e. The first-order valence-corrected chi connectivity index (χ1v) is 8.92. The summed E-state index contributed by atoms with van der Waals surface area (Å²) in [6.07, 6.45) is 0.954. The molecule has 0 amide bonds. The molecule has 0 saturated heterocycles. The van der Waals surface area contributed by atoms with Crippen molar-refractivity contribution in [2.75, 3.05) is 20.2 Å². The highest BCUT2D eigenvalue weighted by Gasteiger charge is 2.04. The molecule has 0 unspecified atom stereocenters. The molecule has 1 heterocycles. The highest BCUT2D eigenvalue weighted by Crippen LogP contribution is 2.26. The second-order valence-corrected chi connectivity index (χ2v) is 6.13. The third kappa shape index (κ3) is 7.28. The van der Waals surface area contributed by atoms with Crippen LogP contribution in [-0.4, -0.2) is 41.0 Å². The van der Waals surface area contributed by atoms with Crippen molar-refractivity contribution in [3.05, 3.63) is 41.2 Å². The molecule has 0 spiro atoms. The van der Waals surface area contributed by atoms with E-state index in [1.165, 1.54) is 12.8 Å². The van der Waals surface area contributed by atoms with Crippen LogP contribution in [0.25, 0.3) is 0 Å². The number of ether oxygens (including phenoxy) is 1. The number of guanidine groups is 1. The smallest absolute Gasteiger partial charge is 0.191 e. The highest BCUT2D eigenvalue weighted by molar-refractivity contribution is 14.0. The van der Waals surface area contributed by atoms with Gasteiger partial charge in [-0.2, -0.15) is 5.10 Å². The molecule has 150 valence electrons. The van der Waals surface area contributed by atoms with Crippen LogP contribution in [0.1, 0.15) is 30.3 Å². The molecule has 0 saturated carbocycles. The summed E-state index contributed by atoms with van der Waals surface area (Å²) in [5, 5.41) is 20.9. The maximum absolute atomic E-state index is 9.85. The molecule has 8 heteroatoms. The van der Waals surface area contributed by atoms with E-state index >= 15 is 0 Å². The quantitative estimate of drug-likeness (QED) is 0.231. The normalized spacial score (nSPS) is 11.0. The molecule has 1 aromatic carbocycles. The molecular weight excluding hydrogens is 457 g/mol. The number of aliphatic imine (C=N–C) groups is 1. The van der Waals surface area contributed by atoms with Crippen LogP contribution in [0.3, 0.4) is 0 Å². The van der Waals surface area contributed by atoms with E-state index < -0.39 is 0 Å². The van der Waals surface area contributed by atoms with E-state index in [0.717, 1.165) is 43.3 Å². The fourth-order valence-electron chi connectivity index (χ4n) is 2.68. The van der Waals surface area contributed by atoms with Gasteiger partial charge in [0.25, 0.3) is 0 Å². The Bertz CT molecular complexity index is 746. The van der Waals surface area contributed by atoms with Crippen molar-refractivity contribution in [3.8, 4) is 11.5 Å². The number of nitrogens with one attached hydrogen (secondary N) is 2. The zero-order valence-corrected chi connectivity index (χ0v) is 18.8. The zero-order chi connectivity index (χ0) is 18.9. The van der Waals surface area contributed by atoms with Gasteiger partial charge < -0.3 is 20.5 Å². The molecule has 1 aromatic heterocycles. The van der Waals surface area contributed by atoms with Gasteiger partial charge >= 0.3 is 0 Å². The summed E-state index contributed by atoms with van der Waals surface area (Å²) in [7, 11) is 1.53. The number of rotatable bonds is 8. The number of halogens is 1. The van der Waals surface area contributed by atoms with E-state index in [4.69, 9.17) is 4.74 Å². The second kappa shape index (κ2) is 11.7. The van der Waals surface area contributed by atoms with Gasteiger partial charge in [0, 0.05) is 25.3 Å². The van der Waals surface area contributed by atoms with Crippen LogP contribution in [0.5, 0.6) is 11.5 Å². The van der Waals surface area contributed by atoms with E-state index in [1.54, 1.807) is 12.1 Å². The van der Waals surface area contributed by atoms with E-state index in [2.05, 4.69) is 33.7 Å². The Labute approximate surface area is 178 Å². The Balaban J connectivity index is 0.00000364. The maximum atomic E-state index is 9.85. The standard InChI is InChI=1S/C19H29N5O2.HI/c1-5-20-19(21-9-6-10-24-15(3)11-14(2)23-24)22-13-16-7-8-18(26-4)17(25)12-16;/h7-8,11-12,25H,5-6,9-10,13H2,1-4H3,(H2,20,21,22);1H. The summed E-state index contributed by atoms with van der Waals surface area (Å²) in [6, 6.07) is 7.40. The third-order valence-corrected chi connectivity index (χ3v) is 3.95. The molecule has 2 aromatic rings. The monoisotopic (exact) mass is 487 g/mol. The van der Waals surface area contributed by atoms with Crippen LogP contribution in [-0.2, 0) is 13.1 Å². The molecule has 7 nitrogen and oxygen atoms in total. The Morgan fingerprint density at radius 3 is 2.63 bits per heavy atom. The Hall–Kier alpha value is -1.97. The predicted octanol–water partition coefficient (Wildman–Crippen LogP) is 2.98. The lowest BCUT2D eigenvalue weighted by molar-refractivity contribution is 0.373. The zero-order valence-electron chi connectivity index (χ0n) is 16.5. The summed E-state index contributed by atoms with van der Waals surface area (Å²) in [5.41, 5.74) is 3.15. The minimum Gasteiger partial charge on any atom is -0.504 e. The van der Waals surface area contributed by atoms with Crippen molar-refractivity contribution in [3.63, 3.8) is 0 Å². The molecule has 0 aliphatic heterocycles. The molecule has 0 radical (unpaired) electrons. The van der Waals surface area contributed by atoms with E-state index in [9.17, 15) is 5.11 Å². The summed E-state index contributed by atoms with van der Waals surface area (Å²) in [5.74, 6) is 1.35. The molecule has 0 aliphatic rings. The topological polar surface area (TPSA) is 83.7 Å². The lowest BCUT2D eigenvalue weighted by Crippen LogP contribution is -2.38. The van der Waals surface area contributed by atoms with Gasteiger partial charge in [-0.25, -0.2) is 4.99 Å². The number of aromatic hydroxyl groups is 1. The van der Waals surface area contributed by atoms with Gasteiger partial charge in [0.1, 0.15) is 0 Å². The number of phenolic OH excluding ortho intramolecular Hbond substituents is 1. The van der Waals surface area contributed by atoms with Crippen LogP contribution in [0.2, 0.25) is 0 Å². The van der Waals surface area contributed by atoms with Crippen LogP contribution in [0, 0.1) is 13.8 Å². The highest BCUT2D eigenvalue weighted by atomic mass is 127. The number of nitrogens with zero attached hydrogens (tertiary/aromatic N) is 3. The van der Waals surface area contributed by atoms with Crippen molar-refractivity contribution in [1.29, 1.82) is 0 Å². The lowest BCUT2D eigenvalue weighted by Gasteiger charge is -2.12. The van der Waals surface area contributed by atoms with Gasteiger partial charge in [-0.3, -0.25) is 4.68 Å². The first-order valence-electron chi connectivity index (χ1n) is 8.92. The van der Waals surface area contributed by atoms with Crippen molar-refractivity contribution in [2.45, 2.75) is 40.3 Å². The third-order valence-electron chi connectivity index (χ3n) is 3.95. The van der Waals surface area contributed by atoms with Gasteiger partial charge in [-0.1, -0.05) is 6.07 Å². The summed E-state index contributed by atoms with van der Waals surface area (Å²) in [4.78, 5) is 4.57. The predicted molar refractivity (Wildman–Crippen MR) is 119 cm³/mol. The molecule has 2 rings (SSSR count). The number of aryl methyl sites for hydroxylation is 3. The van der Waals surface area contributed by atoms with Gasteiger partial charge in [0.15, 0.2) is 17.5 Å². The van der Waals surface area contributed by atoms with Crippen molar-refractivity contribution >= 4 is 29.9 Å². The molecule has 0 atom stereocenters. The summed E-state index contributed by atoms with van der Waals surface area (Å²) >= 11 is 0. The number of methoxy groups -OCH3 is 1. The first kappa shape index (κ1) is 23.1. The van der Waals surface area contributed by atoms with Crippen LogP contribution >= 0.6 is 24.0 Å². The summed E-state index contributed by atoms with van der Waals surface area (Å²) in [6.45, 7) is 9.06. The molecule has 0 fully saturated rings. The Kier molecular flexibility index (Phi) is 9.98. The summed E-state index contributed by atoms with van der Waals surface area (Å²) < 4.78 is 7.09. The van der Waals surface area contributed by atoms with Crippen LogP contribution < -0.4 is 15.4 Å². The van der Waals surface area contributed by atoms with E-state index in [0.29, 0.717) is 12.3 Å². The van der Waals surface area contributed by atoms with Gasteiger partial charge in [-0.05, 0) is 51.0 Å². The number of hydrogen-bond acceptors (Lipinski definition) is 4. The van der Waals surface area contributed by atoms with E-state index in [1.807, 2.05) is 24.6 Å². The van der Waals surface area contributed by atoms with Crippen LogP contribution in [0.15, 0.2) is 29.3 Å². The van der Waals surface area contributed by atoms with E-state index in [-0.39, 0.29) is 29.7 Å². The molecular formula is C19H30IN5O2. The average molecular weight is 487 g/mol. The minimum atomic E-state index is 0. The Morgan fingerprint density at radius 2 is 2.04 bits per heavy atom. The number of hydrogen-bond donors (Lipinski definition) is 3. The number of phenols is 1. The van der Waals surface area contributed by atoms with Crippen LogP contribution in [0.4, 0.5) is 0 Å². The van der Waals surface area contributed by atoms with Gasteiger partial charge in [0.05, 0.1) is 19.3 Å². The van der Waals surface area contributed by atoms with Crippen molar-refractivity contribution in [1.82, 2.24) is 20.4 Å². The fourth-order valence-corrected chi connectivity index (χ4v) is 2.68. The molecule has 27 heavy (non-hydrogen) atoms. The molecule has 0 bridgehead atoms. The average Bonchev–Trinajstić information content (AvgIpc) is 2.94. The van der Waals surface area contributed by atoms with Gasteiger partial charge in [0.2, 0.25) is 0 Å². The fraction of sp³-hybridized carbons (Fsp3) is 0.474. The molecule has 3 N–H and O–H groups in total. The van der Waals surface area contributed by atoms with Crippen molar-refractivity contribution in [2.24, 2.45) is 4.99 Å². The number of benzene rings is 1. The maximum Gasteiger partial charge on any atom is 0.191 e. The first-order chi connectivity index (χ1) is 12.5. The van der Waals surface area contributed by atoms with Gasteiger partial charge in [-0.15, -0.1) is 24.0 Å². The lowest BCUT2D eigenvalue weighted by atomic mass is 10.2. The second-order valence-electron chi connectivity index (χ2n) is 6.13.